The Morgan fingerprint density at radius 2 is 1.42 bits per heavy atom. The highest BCUT2D eigenvalue weighted by Gasteiger charge is 2.30. The molecule has 1 aliphatic heterocycles. The maximum absolute atomic E-state index is 11.6. The van der Waals surface area contributed by atoms with Gasteiger partial charge in [0.2, 0.25) is 5.91 Å². The van der Waals surface area contributed by atoms with E-state index in [-0.39, 0.29) is 5.91 Å². The zero-order chi connectivity index (χ0) is 17.5. The van der Waals surface area contributed by atoms with Crippen molar-refractivity contribution in [2.24, 2.45) is 0 Å². The number of hydrogen-bond acceptors (Lipinski definition) is 2. The quantitative estimate of drug-likeness (QED) is 0.221. The van der Waals surface area contributed by atoms with Crippen molar-refractivity contribution in [3.05, 3.63) is 12.2 Å². The van der Waals surface area contributed by atoms with Crippen LogP contribution < -0.4 is 5.43 Å². The van der Waals surface area contributed by atoms with Crippen molar-refractivity contribution in [3.63, 3.8) is 0 Å². The van der Waals surface area contributed by atoms with Gasteiger partial charge in [-0.05, 0) is 39.0 Å². The van der Waals surface area contributed by atoms with Gasteiger partial charge in [-0.15, -0.1) is 0 Å². The Balaban J connectivity index is 1.74. The average molecular weight is 337 g/mol. The van der Waals surface area contributed by atoms with E-state index in [0.29, 0.717) is 12.5 Å². The number of nitrogens with one attached hydrogen (secondary N) is 1. The molecule has 0 aromatic carbocycles. The Hall–Kier alpha value is -0.830. The van der Waals surface area contributed by atoms with Gasteiger partial charge in [0.1, 0.15) is 0 Å². The molecule has 1 heterocycles. The van der Waals surface area contributed by atoms with Crippen molar-refractivity contribution in [3.8, 4) is 0 Å². The smallest absolute Gasteiger partial charge is 0.234 e. The van der Waals surface area contributed by atoms with Crippen LogP contribution in [-0.4, -0.2) is 23.5 Å². The lowest BCUT2D eigenvalue weighted by Gasteiger charge is -2.05. The highest BCUT2D eigenvalue weighted by Crippen LogP contribution is 2.13. The van der Waals surface area contributed by atoms with Crippen LogP contribution >= 0.6 is 0 Å². The minimum absolute atomic E-state index is 0.192. The molecule has 1 saturated heterocycles. The second-order valence-corrected chi connectivity index (χ2v) is 7.37. The van der Waals surface area contributed by atoms with Gasteiger partial charge in [0, 0.05) is 19.0 Å². The zero-order valence-electron chi connectivity index (χ0n) is 16.2. The molecule has 0 bridgehead atoms. The third-order valence-electron chi connectivity index (χ3n) is 4.79. The third kappa shape index (κ3) is 12.6. The van der Waals surface area contributed by atoms with E-state index >= 15 is 0 Å². The summed E-state index contributed by atoms with van der Waals surface area (Å²) < 4.78 is 0. The van der Waals surface area contributed by atoms with Crippen LogP contribution in [-0.2, 0) is 4.79 Å². The highest BCUT2D eigenvalue weighted by molar-refractivity contribution is 5.75. The largest absolute Gasteiger partial charge is 0.289 e. The number of allylic oxidation sites excluding steroid dienone is 2. The van der Waals surface area contributed by atoms with Gasteiger partial charge >= 0.3 is 0 Å². The number of nitrogens with zero attached hydrogens (tertiary/aromatic N) is 1. The van der Waals surface area contributed by atoms with Gasteiger partial charge in [-0.3, -0.25) is 10.2 Å². The van der Waals surface area contributed by atoms with E-state index in [9.17, 15) is 4.79 Å². The Bertz CT molecular complexity index is 341. The van der Waals surface area contributed by atoms with Crippen LogP contribution in [0.5, 0.6) is 0 Å². The number of hydrazine groups is 1. The van der Waals surface area contributed by atoms with E-state index in [1.165, 1.54) is 77.0 Å². The van der Waals surface area contributed by atoms with Gasteiger partial charge < -0.3 is 0 Å². The molecule has 3 nitrogen and oxygen atoms in total. The van der Waals surface area contributed by atoms with Crippen molar-refractivity contribution in [2.75, 3.05) is 6.54 Å². The first kappa shape index (κ1) is 21.2. The van der Waals surface area contributed by atoms with E-state index in [0.717, 1.165) is 13.0 Å². The van der Waals surface area contributed by atoms with Crippen LogP contribution in [0.15, 0.2) is 12.2 Å². The normalized spacial score (nSPS) is 19.8. The number of amides is 1. The Morgan fingerprint density at radius 1 is 0.917 bits per heavy atom. The molecular formula is C21H40N2O. The van der Waals surface area contributed by atoms with Gasteiger partial charge in [0.25, 0.3) is 0 Å². The SMILES string of the molecule is CCCCCCCC/C=C\CCCCCCCC(=O)NN1CC1C. The molecule has 3 heteroatoms. The van der Waals surface area contributed by atoms with Crippen LogP contribution in [0, 0.1) is 0 Å². The lowest BCUT2D eigenvalue weighted by molar-refractivity contribution is -0.123. The number of rotatable bonds is 16. The van der Waals surface area contributed by atoms with Gasteiger partial charge in [0.05, 0.1) is 0 Å². The lowest BCUT2D eigenvalue weighted by Crippen LogP contribution is -2.29. The zero-order valence-corrected chi connectivity index (χ0v) is 16.2. The van der Waals surface area contributed by atoms with E-state index in [4.69, 9.17) is 0 Å². The fraction of sp³-hybridized carbons (Fsp3) is 0.857. The van der Waals surface area contributed by atoms with Crippen LogP contribution in [0.2, 0.25) is 0 Å². The molecule has 0 aliphatic carbocycles. The van der Waals surface area contributed by atoms with Crippen molar-refractivity contribution in [2.45, 2.75) is 110 Å². The summed E-state index contributed by atoms with van der Waals surface area (Å²) in [6, 6.07) is 0.545. The average Bonchev–Trinajstić information content (AvgIpc) is 3.25. The minimum atomic E-state index is 0.192. The minimum Gasteiger partial charge on any atom is -0.289 e. The maximum Gasteiger partial charge on any atom is 0.234 e. The molecule has 0 saturated carbocycles. The summed E-state index contributed by atoms with van der Waals surface area (Å²) in [4.78, 5) is 11.6. The van der Waals surface area contributed by atoms with E-state index in [1.807, 2.05) is 5.01 Å². The number of carbonyl (C=O) groups is 1. The van der Waals surface area contributed by atoms with E-state index in [2.05, 4.69) is 31.4 Å². The molecule has 140 valence electrons. The van der Waals surface area contributed by atoms with Crippen molar-refractivity contribution in [1.29, 1.82) is 0 Å². The molecule has 0 aromatic rings. The number of hydrogen-bond donors (Lipinski definition) is 1. The van der Waals surface area contributed by atoms with Crippen LogP contribution in [0.1, 0.15) is 104 Å². The predicted octanol–water partition coefficient (Wildman–Crippen LogP) is 5.76. The molecular weight excluding hydrogens is 296 g/mol. The molecule has 1 N–H and O–H groups in total. The second kappa shape index (κ2) is 14.5. The molecule has 1 rings (SSSR count). The predicted molar refractivity (Wildman–Crippen MR) is 104 cm³/mol. The monoisotopic (exact) mass is 336 g/mol. The standard InChI is InChI=1S/C21H40N2O/c1-3-4-5-6-7-8-9-10-11-12-13-14-15-16-17-18-21(24)22-23-19-20(23)2/h10-11,20H,3-9,12-19H2,1-2H3,(H,22,24)/b11-10-. The van der Waals surface area contributed by atoms with Gasteiger partial charge in [-0.2, -0.15) is 0 Å². The van der Waals surface area contributed by atoms with Crippen molar-refractivity contribution < 1.29 is 4.79 Å². The Kier molecular flexibility index (Phi) is 12.8. The van der Waals surface area contributed by atoms with E-state index < -0.39 is 0 Å². The maximum atomic E-state index is 11.6. The second-order valence-electron chi connectivity index (χ2n) is 7.37. The summed E-state index contributed by atoms with van der Waals surface area (Å²) in [6.45, 7) is 5.41. The van der Waals surface area contributed by atoms with Crippen LogP contribution in [0.3, 0.4) is 0 Å². The molecule has 0 radical (unpaired) electrons. The van der Waals surface area contributed by atoms with Crippen LogP contribution in [0.25, 0.3) is 0 Å². The third-order valence-corrected chi connectivity index (χ3v) is 4.79. The summed E-state index contributed by atoms with van der Waals surface area (Å²) in [6.07, 6.45) is 22.3. The Labute approximate surface area is 150 Å². The molecule has 2 atom stereocenters. The molecule has 1 amide bonds. The Morgan fingerprint density at radius 3 is 1.96 bits per heavy atom. The first-order chi connectivity index (χ1) is 11.7. The lowest BCUT2D eigenvalue weighted by atomic mass is 10.1. The molecule has 0 spiro atoms. The summed E-state index contributed by atoms with van der Waals surface area (Å²) in [5.41, 5.74) is 2.94. The fourth-order valence-electron chi connectivity index (χ4n) is 2.97. The van der Waals surface area contributed by atoms with Crippen molar-refractivity contribution >= 4 is 5.91 Å². The summed E-state index contributed by atoms with van der Waals surface area (Å²) in [7, 11) is 0. The van der Waals surface area contributed by atoms with Crippen LogP contribution in [0.4, 0.5) is 0 Å². The van der Waals surface area contributed by atoms with Gasteiger partial charge in [-0.1, -0.05) is 70.4 Å². The topological polar surface area (TPSA) is 32.1 Å². The molecule has 24 heavy (non-hydrogen) atoms. The van der Waals surface area contributed by atoms with Gasteiger partial charge in [0.15, 0.2) is 0 Å². The summed E-state index contributed by atoms with van der Waals surface area (Å²) in [5, 5.41) is 2.00. The number of carbonyl (C=O) groups excluding carboxylic acids is 1. The summed E-state index contributed by atoms with van der Waals surface area (Å²) >= 11 is 0. The molecule has 1 aliphatic rings. The highest BCUT2D eigenvalue weighted by atomic mass is 16.2. The van der Waals surface area contributed by atoms with E-state index in [1.54, 1.807) is 0 Å². The first-order valence-corrected chi connectivity index (χ1v) is 10.4. The number of unbranched alkanes of at least 4 members (excludes halogenated alkanes) is 11. The fourth-order valence-corrected chi connectivity index (χ4v) is 2.97. The van der Waals surface area contributed by atoms with Gasteiger partial charge in [-0.25, -0.2) is 5.01 Å². The van der Waals surface area contributed by atoms with Crippen molar-refractivity contribution in [1.82, 2.24) is 10.4 Å². The molecule has 1 fully saturated rings. The molecule has 2 unspecified atom stereocenters. The summed E-state index contributed by atoms with van der Waals surface area (Å²) in [5.74, 6) is 0.192. The first-order valence-electron chi connectivity index (χ1n) is 10.4. The molecule has 0 aromatic heterocycles.